The summed E-state index contributed by atoms with van der Waals surface area (Å²) in [5.41, 5.74) is -0.524. The lowest BCUT2D eigenvalue weighted by molar-refractivity contribution is -0.139. The molecule has 1 heterocycles. The standard InChI is InChI=1S/C12H18O3/c1-4-9-10(13)8-6-5-7-15-11(8)12(9,2)14-3/h4,8-9,11H,1,5-7H2,2-3H3/t8-,9?,11-,12-/m0/s1. The molecule has 1 aliphatic carbocycles. The molecule has 2 aliphatic rings. The average molecular weight is 210 g/mol. The monoisotopic (exact) mass is 210 g/mol. The molecule has 2 fully saturated rings. The normalized spacial score (nSPS) is 45.2. The number of carbonyl (C=O) groups excluding carboxylic acids is 1. The molecule has 0 spiro atoms. The van der Waals surface area contributed by atoms with Crippen LogP contribution in [-0.4, -0.2) is 31.2 Å². The SMILES string of the molecule is C=CC1C(=O)[C@@H]2CCCO[C@@H]2[C@@]1(C)OC. The summed E-state index contributed by atoms with van der Waals surface area (Å²) in [7, 11) is 1.64. The molecule has 0 radical (unpaired) electrons. The molecule has 4 atom stereocenters. The van der Waals surface area contributed by atoms with E-state index in [0.717, 1.165) is 19.4 Å². The second-order valence-corrected chi connectivity index (χ2v) is 4.54. The van der Waals surface area contributed by atoms with Gasteiger partial charge in [0.15, 0.2) is 0 Å². The van der Waals surface area contributed by atoms with E-state index < -0.39 is 5.60 Å². The predicted molar refractivity (Wildman–Crippen MR) is 56.6 cm³/mol. The van der Waals surface area contributed by atoms with E-state index in [2.05, 4.69) is 6.58 Å². The van der Waals surface area contributed by atoms with Crippen LogP contribution >= 0.6 is 0 Å². The Morgan fingerprint density at radius 3 is 3.00 bits per heavy atom. The molecule has 0 amide bonds. The van der Waals surface area contributed by atoms with Crippen LogP contribution in [0.5, 0.6) is 0 Å². The van der Waals surface area contributed by atoms with Gasteiger partial charge in [0, 0.05) is 19.6 Å². The van der Waals surface area contributed by atoms with Gasteiger partial charge < -0.3 is 9.47 Å². The molecule has 84 valence electrons. The lowest BCUT2D eigenvalue weighted by Crippen LogP contribution is -2.46. The topological polar surface area (TPSA) is 35.5 Å². The first-order valence-corrected chi connectivity index (χ1v) is 5.48. The summed E-state index contributed by atoms with van der Waals surface area (Å²) < 4.78 is 11.2. The summed E-state index contributed by atoms with van der Waals surface area (Å²) >= 11 is 0. The molecule has 0 aromatic carbocycles. The molecule has 1 saturated carbocycles. The van der Waals surface area contributed by atoms with Gasteiger partial charge in [-0.1, -0.05) is 6.08 Å². The summed E-state index contributed by atoms with van der Waals surface area (Å²) in [6.07, 6.45) is 3.50. The first-order chi connectivity index (χ1) is 7.15. The largest absolute Gasteiger partial charge is 0.375 e. The number of methoxy groups -OCH3 is 1. The van der Waals surface area contributed by atoms with Crippen LogP contribution in [0.2, 0.25) is 0 Å². The Labute approximate surface area is 90.4 Å². The number of hydrogen-bond acceptors (Lipinski definition) is 3. The Kier molecular flexibility index (Phi) is 2.69. The molecule has 1 saturated heterocycles. The van der Waals surface area contributed by atoms with Crippen molar-refractivity contribution < 1.29 is 14.3 Å². The fourth-order valence-corrected chi connectivity index (χ4v) is 2.92. The van der Waals surface area contributed by atoms with Gasteiger partial charge in [-0.3, -0.25) is 4.79 Å². The fourth-order valence-electron chi connectivity index (χ4n) is 2.92. The maximum atomic E-state index is 12.1. The van der Waals surface area contributed by atoms with Crippen molar-refractivity contribution in [3.8, 4) is 0 Å². The van der Waals surface area contributed by atoms with Crippen molar-refractivity contribution >= 4 is 5.78 Å². The van der Waals surface area contributed by atoms with Crippen LogP contribution in [0, 0.1) is 11.8 Å². The van der Waals surface area contributed by atoms with Crippen LogP contribution in [0.3, 0.4) is 0 Å². The van der Waals surface area contributed by atoms with E-state index in [-0.39, 0.29) is 23.7 Å². The maximum absolute atomic E-state index is 12.1. The lowest BCUT2D eigenvalue weighted by Gasteiger charge is -2.36. The van der Waals surface area contributed by atoms with Gasteiger partial charge in [0.25, 0.3) is 0 Å². The van der Waals surface area contributed by atoms with Crippen LogP contribution in [0.4, 0.5) is 0 Å². The van der Waals surface area contributed by atoms with Gasteiger partial charge in [0.1, 0.15) is 11.4 Å². The third-order valence-corrected chi connectivity index (χ3v) is 3.85. The number of rotatable bonds is 2. The van der Waals surface area contributed by atoms with Crippen LogP contribution in [0.25, 0.3) is 0 Å². The molecular formula is C12H18O3. The third kappa shape index (κ3) is 1.37. The molecule has 3 nitrogen and oxygen atoms in total. The van der Waals surface area contributed by atoms with E-state index in [9.17, 15) is 4.79 Å². The highest BCUT2D eigenvalue weighted by molar-refractivity contribution is 5.90. The van der Waals surface area contributed by atoms with Crippen molar-refractivity contribution in [3.63, 3.8) is 0 Å². The minimum atomic E-state index is -0.524. The van der Waals surface area contributed by atoms with Crippen molar-refractivity contribution in [3.05, 3.63) is 12.7 Å². The maximum Gasteiger partial charge on any atom is 0.148 e. The summed E-state index contributed by atoms with van der Waals surface area (Å²) in [6.45, 7) is 6.42. The van der Waals surface area contributed by atoms with Gasteiger partial charge in [-0.05, 0) is 19.8 Å². The van der Waals surface area contributed by atoms with Crippen LogP contribution in [0.15, 0.2) is 12.7 Å². The summed E-state index contributed by atoms with van der Waals surface area (Å²) in [5.74, 6) is 0.0151. The lowest BCUT2D eigenvalue weighted by atomic mass is 9.89. The van der Waals surface area contributed by atoms with Crippen molar-refractivity contribution in [2.75, 3.05) is 13.7 Å². The Morgan fingerprint density at radius 2 is 2.40 bits per heavy atom. The Balaban J connectivity index is 2.35. The van der Waals surface area contributed by atoms with Gasteiger partial charge >= 0.3 is 0 Å². The van der Waals surface area contributed by atoms with E-state index in [4.69, 9.17) is 9.47 Å². The number of hydrogen-bond donors (Lipinski definition) is 0. The molecule has 0 N–H and O–H groups in total. The van der Waals surface area contributed by atoms with E-state index in [1.54, 1.807) is 13.2 Å². The third-order valence-electron chi connectivity index (χ3n) is 3.85. The fraction of sp³-hybridized carbons (Fsp3) is 0.750. The Hall–Kier alpha value is -0.670. The number of carbonyl (C=O) groups is 1. The second-order valence-electron chi connectivity index (χ2n) is 4.54. The molecule has 1 aliphatic heterocycles. The Bertz CT molecular complexity index is 287. The molecule has 1 unspecified atom stereocenters. The first-order valence-electron chi connectivity index (χ1n) is 5.48. The summed E-state index contributed by atoms with van der Waals surface area (Å²) in [5, 5.41) is 0. The highest BCUT2D eigenvalue weighted by Crippen LogP contribution is 2.45. The van der Waals surface area contributed by atoms with Crippen LogP contribution < -0.4 is 0 Å². The summed E-state index contributed by atoms with van der Waals surface area (Å²) in [4.78, 5) is 12.1. The molecule has 15 heavy (non-hydrogen) atoms. The average Bonchev–Trinajstić information content (AvgIpc) is 2.50. The van der Waals surface area contributed by atoms with Crippen molar-refractivity contribution in [1.29, 1.82) is 0 Å². The summed E-state index contributed by atoms with van der Waals surface area (Å²) in [6, 6.07) is 0. The van der Waals surface area contributed by atoms with Gasteiger partial charge in [-0.15, -0.1) is 6.58 Å². The van der Waals surface area contributed by atoms with E-state index >= 15 is 0 Å². The van der Waals surface area contributed by atoms with E-state index in [1.165, 1.54) is 0 Å². The highest BCUT2D eigenvalue weighted by atomic mass is 16.5. The zero-order chi connectivity index (χ0) is 11.1. The number of fused-ring (bicyclic) bond motifs is 1. The smallest absolute Gasteiger partial charge is 0.148 e. The number of Topliss-reactive ketones (excluding diaryl/α,β-unsaturated/α-hetero) is 1. The molecular weight excluding hydrogens is 192 g/mol. The van der Waals surface area contributed by atoms with Crippen molar-refractivity contribution in [1.82, 2.24) is 0 Å². The van der Waals surface area contributed by atoms with Crippen molar-refractivity contribution in [2.45, 2.75) is 31.5 Å². The van der Waals surface area contributed by atoms with Crippen molar-refractivity contribution in [2.24, 2.45) is 11.8 Å². The van der Waals surface area contributed by atoms with Gasteiger partial charge in [-0.25, -0.2) is 0 Å². The predicted octanol–water partition coefficient (Wildman–Crippen LogP) is 1.57. The molecule has 2 rings (SSSR count). The minimum Gasteiger partial charge on any atom is -0.375 e. The zero-order valence-corrected chi connectivity index (χ0v) is 9.36. The molecule has 0 aromatic heterocycles. The molecule has 0 aromatic rings. The van der Waals surface area contributed by atoms with Crippen LogP contribution in [0.1, 0.15) is 19.8 Å². The van der Waals surface area contributed by atoms with Gasteiger partial charge in [0.2, 0.25) is 0 Å². The second kappa shape index (κ2) is 3.72. The highest BCUT2D eigenvalue weighted by Gasteiger charge is 2.58. The Morgan fingerprint density at radius 1 is 1.67 bits per heavy atom. The first kappa shape index (κ1) is 10.8. The van der Waals surface area contributed by atoms with E-state index in [0.29, 0.717) is 0 Å². The quantitative estimate of drug-likeness (QED) is 0.649. The molecule has 0 bridgehead atoms. The zero-order valence-electron chi connectivity index (χ0n) is 9.36. The minimum absolute atomic E-state index is 0.00620. The van der Waals surface area contributed by atoms with Crippen LogP contribution in [-0.2, 0) is 14.3 Å². The van der Waals surface area contributed by atoms with Gasteiger partial charge in [-0.2, -0.15) is 0 Å². The van der Waals surface area contributed by atoms with E-state index in [1.807, 2.05) is 6.92 Å². The number of ether oxygens (including phenoxy) is 2. The van der Waals surface area contributed by atoms with Gasteiger partial charge in [0.05, 0.1) is 12.0 Å². The number of ketones is 1. The molecule has 3 heteroatoms.